The molecule has 1 nitrogen and oxygen atoms in total. The Morgan fingerprint density at radius 1 is 0.929 bits per heavy atom. The Labute approximate surface area is 84.4 Å². The van der Waals surface area contributed by atoms with Gasteiger partial charge in [0, 0.05) is 11.8 Å². The Morgan fingerprint density at radius 2 is 1.64 bits per heavy atom. The van der Waals surface area contributed by atoms with E-state index in [0.29, 0.717) is 0 Å². The van der Waals surface area contributed by atoms with E-state index in [4.69, 9.17) is 0 Å². The highest BCUT2D eigenvalue weighted by molar-refractivity contribution is 5.59. The molecule has 1 heteroatoms. The summed E-state index contributed by atoms with van der Waals surface area (Å²) in [4.78, 5) is 4.41. The Morgan fingerprint density at radius 3 is 2.29 bits per heavy atom. The smallest absolute Gasteiger partial charge is 0.0704 e. The van der Waals surface area contributed by atoms with Crippen LogP contribution in [-0.4, -0.2) is 4.98 Å². The molecule has 0 bridgehead atoms. The van der Waals surface area contributed by atoms with Crippen LogP contribution in [-0.2, 0) is 0 Å². The zero-order valence-electron chi connectivity index (χ0n) is 8.49. The van der Waals surface area contributed by atoms with Gasteiger partial charge in [0.2, 0.25) is 0 Å². The maximum Gasteiger partial charge on any atom is 0.0704 e. The van der Waals surface area contributed by atoms with Gasteiger partial charge >= 0.3 is 0 Å². The van der Waals surface area contributed by atoms with Crippen LogP contribution in [0.5, 0.6) is 0 Å². The summed E-state index contributed by atoms with van der Waals surface area (Å²) < 4.78 is 0. The number of benzene rings is 1. The fourth-order valence-corrected chi connectivity index (χ4v) is 1.39. The standard InChI is InChI=1S/C13H13N/c1-10-8-13(14-9-11(10)2)12-6-4-3-5-7-12/h3-9H,1-2H3. The average molecular weight is 183 g/mol. The molecule has 0 aliphatic rings. The number of pyridine rings is 1. The molecule has 14 heavy (non-hydrogen) atoms. The topological polar surface area (TPSA) is 12.9 Å². The summed E-state index contributed by atoms with van der Waals surface area (Å²) in [5.41, 5.74) is 4.76. The van der Waals surface area contributed by atoms with Crippen LogP contribution in [0.1, 0.15) is 11.1 Å². The quantitative estimate of drug-likeness (QED) is 0.660. The molecule has 0 N–H and O–H groups in total. The first-order valence-corrected chi connectivity index (χ1v) is 4.76. The third-order valence-electron chi connectivity index (χ3n) is 2.44. The first-order valence-electron chi connectivity index (χ1n) is 4.76. The van der Waals surface area contributed by atoms with Gasteiger partial charge in [0.15, 0.2) is 0 Å². The molecule has 0 amide bonds. The van der Waals surface area contributed by atoms with Gasteiger partial charge in [-0.2, -0.15) is 0 Å². The zero-order valence-corrected chi connectivity index (χ0v) is 8.49. The molecule has 0 saturated carbocycles. The summed E-state index contributed by atoms with van der Waals surface area (Å²) >= 11 is 0. The lowest BCUT2D eigenvalue weighted by Crippen LogP contribution is -1.87. The van der Waals surface area contributed by atoms with Crippen LogP contribution in [0.4, 0.5) is 0 Å². The van der Waals surface area contributed by atoms with Crippen LogP contribution in [0, 0.1) is 13.8 Å². The predicted molar refractivity (Wildman–Crippen MR) is 59.1 cm³/mol. The van der Waals surface area contributed by atoms with Gasteiger partial charge in [-0.15, -0.1) is 0 Å². The maximum atomic E-state index is 4.41. The van der Waals surface area contributed by atoms with Gasteiger partial charge in [-0.3, -0.25) is 4.98 Å². The van der Waals surface area contributed by atoms with E-state index in [1.54, 1.807) is 0 Å². The molecule has 0 radical (unpaired) electrons. The number of hydrogen-bond acceptors (Lipinski definition) is 1. The van der Waals surface area contributed by atoms with E-state index in [2.05, 4.69) is 37.0 Å². The minimum atomic E-state index is 1.05. The highest BCUT2D eigenvalue weighted by Gasteiger charge is 1.99. The summed E-state index contributed by atoms with van der Waals surface area (Å²) in [6, 6.07) is 12.4. The molecule has 2 aromatic rings. The minimum absolute atomic E-state index is 1.05. The minimum Gasteiger partial charge on any atom is -0.256 e. The first kappa shape index (κ1) is 8.95. The SMILES string of the molecule is Cc1cnc(-c2ccccc2)cc1C. The molecule has 0 saturated heterocycles. The van der Waals surface area contributed by atoms with E-state index in [0.717, 1.165) is 5.69 Å². The zero-order chi connectivity index (χ0) is 9.97. The van der Waals surface area contributed by atoms with E-state index in [9.17, 15) is 0 Å². The molecular formula is C13H13N. The molecule has 0 unspecified atom stereocenters. The Kier molecular flexibility index (Phi) is 2.32. The summed E-state index contributed by atoms with van der Waals surface area (Å²) in [7, 11) is 0. The van der Waals surface area contributed by atoms with Crippen molar-refractivity contribution in [1.29, 1.82) is 0 Å². The van der Waals surface area contributed by atoms with Gasteiger partial charge in [0.05, 0.1) is 5.69 Å². The number of aromatic nitrogens is 1. The van der Waals surface area contributed by atoms with Crippen LogP contribution >= 0.6 is 0 Å². The van der Waals surface area contributed by atoms with Crippen molar-refractivity contribution in [2.24, 2.45) is 0 Å². The second-order valence-corrected chi connectivity index (χ2v) is 3.52. The van der Waals surface area contributed by atoms with E-state index in [-0.39, 0.29) is 0 Å². The van der Waals surface area contributed by atoms with Crippen LogP contribution in [0.3, 0.4) is 0 Å². The summed E-state index contributed by atoms with van der Waals surface area (Å²) in [6.07, 6.45) is 1.93. The number of hydrogen-bond donors (Lipinski definition) is 0. The molecule has 1 heterocycles. The van der Waals surface area contributed by atoms with Gasteiger partial charge in [0.1, 0.15) is 0 Å². The van der Waals surface area contributed by atoms with Gasteiger partial charge in [-0.05, 0) is 31.0 Å². The summed E-state index contributed by atoms with van der Waals surface area (Å²) in [6.45, 7) is 4.20. The van der Waals surface area contributed by atoms with E-state index in [1.165, 1.54) is 16.7 Å². The normalized spacial score (nSPS) is 10.1. The van der Waals surface area contributed by atoms with Crippen molar-refractivity contribution in [1.82, 2.24) is 4.98 Å². The predicted octanol–water partition coefficient (Wildman–Crippen LogP) is 3.37. The highest BCUT2D eigenvalue weighted by atomic mass is 14.7. The van der Waals surface area contributed by atoms with Crippen LogP contribution in [0.25, 0.3) is 11.3 Å². The first-order chi connectivity index (χ1) is 6.77. The van der Waals surface area contributed by atoms with Gasteiger partial charge < -0.3 is 0 Å². The van der Waals surface area contributed by atoms with E-state index in [1.807, 2.05) is 24.4 Å². The Bertz CT molecular complexity index is 432. The number of rotatable bonds is 1. The fraction of sp³-hybridized carbons (Fsp3) is 0.154. The maximum absolute atomic E-state index is 4.41. The largest absolute Gasteiger partial charge is 0.256 e. The Hall–Kier alpha value is -1.63. The molecule has 0 aliphatic heterocycles. The summed E-state index contributed by atoms with van der Waals surface area (Å²) in [5.74, 6) is 0. The van der Waals surface area contributed by atoms with Crippen molar-refractivity contribution in [3.05, 3.63) is 53.7 Å². The molecular weight excluding hydrogens is 170 g/mol. The van der Waals surface area contributed by atoms with Crippen LogP contribution < -0.4 is 0 Å². The number of nitrogens with zero attached hydrogens (tertiary/aromatic N) is 1. The van der Waals surface area contributed by atoms with Crippen LogP contribution in [0.15, 0.2) is 42.6 Å². The van der Waals surface area contributed by atoms with Crippen molar-refractivity contribution in [3.63, 3.8) is 0 Å². The van der Waals surface area contributed by atoms with E-state index >= 15 is 0 Å². The molecule has 0 spiro atoms. The Balaban J connectivity index is 2.48. The third kappa shape index (κ3) is 1.67. The number of aryl methyl sites for hydroxylation is 2. The van der Waals surface area contributed by atoms with Gasteiger partial charge in [-0.1, -0.05) is 30.3 Å². The molecule has 1 aromatic carbocycles. The molecule has 0 fully saturated rings. The second kappa shape index (κ2) is 3.62. The van der Waals surface area contributed by atoms with Gasteiger partial charge in [0.25, 0.3) is 0 Å². The lowest BCUT2D eigenvalue weighted by atomic mass is 10.1. The van der Waals surface area contributed by atoms with Crippen molar-refractivity contribution < 1.29 is 0 Å². The summed E-state index contributed by atoms with van der Waals surface area (Å²) in [5, 5.41) is 0. The van der Waals surface area contributed by atoms with Gasteiger partial charge in [-0.25, -0.2) is 0 Å². The fourth-order valence-electron chi connectivity index (χ4n) is 1.39. The monoisotopic (exact) mass is 183 g/mol. The molecule has 2 rings (SSSR count). The van der Waals surface area contributed by atoms with Crippen molar-refractivity contribution in [2.75, 3.05) is 0 Å². The molecule has 70 valence electrons. The lowest BCUT2D eigenvalue weighted by Gasteiger charge is -2.03. The van der Waals surface area contributed by atoms with Crippen molar-refractivity contribution in [3.8, 4) is 11.3 Å². The van der Waals surface area contributed by atoms with Crippen LogP contribution in [0.2, 0.25) is 0 Å². The van der Waals surface area contributed by atoms with E-state index < -0.39 is 0 Å². The van der Waals surface area contributed by atoms with Crippen molar-refractivity contribution >= 4 is 0 Å². The second-order valence-electron chi connectivity index (χ2n) is 3.52. The molecule has 0 aliphatic carbocycles. The highest BCUT2D eigenvalue weighted by Crippen LogP contribution is 2.18. The third-order valence-corrected chi connectivity index (χ3v) is 2.44. The average Bonchev–Trinajstić information content (AvgIpc) is 2.23. The molecule has 0 atom stereocenters. The van der Waals surface area contributed by atoms with Crippen molar-refractivity contribution in [2.45, 2.75) is 13.8 Å². The molecule has 1 aromatic heterocycles. The lowest BCUT2D eigenvalue weighted by molar-refractivity contribution is 1.22.